The van der Waals surface area contributed by atoms with Gasteiger partial charge in [0.15, 0.2) is 23.5 Å². The molecule has 4 saturated carbocycles. The van der Waals surface area contributed by atoms with E-state index in [1.165, 1.54) is 96.5 Å². The number of likely N-dealkylation sites (N-methyl/N-ethyl adjacent to an activating group) is 10. The Morgan fingerprint density at radius 2 is 1.06 bits per heavy atom. The molecule has 38 nitrogen and oxygen atoms in total. The van der Waals surface area contributed by atoms with Crippen molar-refractivity contribution in [3.05, 3.63) is 59.7 Å². The summed E-state index contributed by atoms with van der Waals surface area (Å²) in [4.78, 5) is 245. The number of carbonyl (C=O) groups excluding carboxylic acids is 17. The number of carboxylic acid groups (broad SMARTS) is 1. The fourth-order valence-corrected chi connectivity index (χ4v) is 16.3. The molecule has 11 atom stereocenters. The number of benzene rings is 1. The number of aliphatic carboxylic acids is 1. The number of ether oxygens (including phenoxy) is 4. The van der Waals surface area contributed by atoms with E-state index in [1.807, 2.05) is 13.0 Å². The summed E-state index contributed by atoms with van der Waals surface area (Å²) in [7, 11) is 13.0. The lowest BCUT2D eigenvalue weighted by molar-refractivity contribution is -0.213. The third-order valence-corrected chi connectivity index (χ3v) is 23.8. The summed E-state index contributed by atoms with van der Waals surface area (Å²) in [5, 5.41) is 28.9. The maximum Gasteiger partial charge on any atom is 0.323 e. The predicted molar refractivity (Wildman–Crippen MR) is 418 cm³/mol. The molecule has 7 aliphatic rings. The number of imide groups is 1. The number of nitrogens with zero attached hydrogens (tertiary/aromatic N) is 11. The minimum Gasteiger partial charge on any atom is -0.493 e. The van der Waals surface area contributed by atoms with Crippen LogP contribution in [0.2, 0.25) is 0 Å². The highest BCUT2D eigenvalue weighted by Crippen LogP contribution is 2.70. The Bertz CT molecular complexity index is 4180. The molecule has 0 bridgehead atoms. The highest BCUT2D eigenvalue weighted by Gasteiger charge is 2.76. The van der Waals surface area contributed by atoms with Gasteiger partial charge in [-0.25, -0.2) is 4.90 Å². The molecule has 8 rings (SSSR count). The molecule has 2 aliphatic heterocycles. The summed E-state index contributed by atoms with van der Waals surface area (Å²) < 4.78 is 25.5. The van der Waals surface area contributed by atoms with Crippen molar-refractivity contribution in [2.24, 2.45) is 34.5 Å². The number of amides is 15. The van der Waals surface area contributed by atoms with E-state index in [0.717, 1.165) is 97.3 Å². The van der Waals surface area contributed by atoms with E-state index in [0.29, 0.717) is 18.4 Å². The highest BCUT2D eigenvalue weighted by molar-refractivity contribution is 6.28. The van der Waals surface area contributed by atoms with Gasteiger partial charge >= 0.3 is 5.97 Å². The predicted octanol–water partition coefficient (Wildman–Crippen LogP) is -2.29. The van der Waals surface area contributed by atoms with E-state index in [-0.39, 0.29) is 85.4 Å². The first-order valence-electron chi connectivity index (χ1n) is 39.3. The van der Waals surface area contributed by atoms with Crippen molar-refractivity contribution in [1.29, 1.82) is 0 Å². The fourth-order valence-electron chi connectivity index (χ4n) is 16.3. The van der Waals surface area contributed by atoms with Crippen LogP contribution in [0, 0.1) is 34.5 Å². The first-order chi connectivity index (χ1) is 55.4. The average Bonchev–Trinajstić information content (AvgIpc) is 1.50. The van der Waals surface area contributed by atoms with E-state index < -0.39 is 220 Å². The van der Waals surface area contributed by atoms with Crippen molar-refractivity contribution in [2.75, 3.05) is 161 Å². The quantitative estimate of drug-likeness (QED) is 0.0263. The van der Waals surface area contributed by atoms with Gasteiger partial charge in [0.05, 0.1) is 83.4 Å². The van der Waals surface area contributed by atoms with E-state index in [2.05, 4.69) is 22.9 Å². The Balaban J connectivity index is 0.722. The smallest absolute Gasteiger partial charge is 0.323 e. The number of aryl methyl sites for hydroxylation is 1. The van der Waals surface area contributed by atoms with Crippen LogP contribution in [0.1, 0.15) is 97.5 Å². The number of anilines is 1. The standard InChI is InChI=1S/C80H112N14O24/c1-47(75(113)81-46-115-45-58(97)80-59(117-77(118-80)50-17-15-18-50)33-55-54-24-22-51-31-53(95)28-29-78(51,3)74(54)56(96)34-79(55,80)4)83-76(114)48(2)82-60(98)25-21-49-20-23-52(94-62(100)26-27-63(94)101)32-57(49)116-30-16-19-61(99)84(5)35-64(102)85(6)36-65(103)86(7)37-66(104)87(8)38-67(105)88(9)39-68(106)89(10)40-69(107)90(11)41-70(108)91(12)42-71(109)92(13)43-72(110)93(14)44-73(111)112/h20,23,26-29,31-32,47-48,50,54-56,59,74,77,96H,15-19,21-22,24-25,30,33-46H2,1-14H3,(H,81,113)(H,82,98)(H,83,114)(H,111,112)/t47-,48-,54-,55-,56-,59+,74+,77+,78-,79-,80+/m0/s1. The SMILES string of the molecule is C[C@H](NC(=O)CCc1ccc(N2C(=O)C=CC2=O)cc1OCCCC(=O)N(C)CC(=O)N(C)CC(=O)N(C)CC(=O)N(C)CC(=O)N(C)CC(=O)N(C)CC(=O)N(C)CC(=O)N(C)CC(=O)N(C)CC(=O)N(C)CC(=O)O)C(=O)N[C@@H](C)C(=O)NCOCC(=O)[C@@]12O[C@H](C3CCC3)O[C@@H]1C[C@H]1[C@@H]3CCC4=CC(=O)C=C[C@]4(C)[C@H]3[C@@H](O)C[C@@]12C. The van der Waals surface area contributed by atoms with Gasteiger partial charge in [-0.05, 0) is 101 Å². The Morgan fingerprint density at radius 3 is 1.53 bits per heavy atom. The molecule has 5 fully saturated rings. The molecule has 5 N–H and O–H groups in total. The normalized spacial score (nSPS) is 23.1. The number of hydrogen-bond acceptors (Lipinski definition) is 23. The van der Waals surface area contributed by atoms with Gasteiger partial charge in [-0.2, -0.15) is 0 Å². The van der Waals surface area contributed by atoms with Crippen LogP contribution in [0.15, 0.2) is 54.2 Å². The second-order valence-corrected chi connectivity index (χ2v) is 32.4. The maximum absolute atomic E-state index is 14.8. The molecule has 5 aliphatic carbocycles. The zero-order valence-electron chi connectivity index (χ0n) is 69.6. The molecule has 1 saturated heterocycles. The van der Waals surface area contributed by atoms with Crippen molar-refractivity contribution in [3.63, 3.8) is 0 Å². The molecular formula is C80H112N14O24. The molecular weight excluding hydrogens is 1540 g/mol. The molecule has 0 radical (unpaired) electrons. The molecule has 0 unspecified atom stereocenters. The monoisotopic (exact) mass is 1650 g/mol. The third kappa shape index (κ3) is 21.9. The van der Waals surface area contributed by atoms with Gasteiger partial charge in [0.1, 0.15) is 37.7 Å². The molecule has 15 amide bonds. The summed E-state index contributed by atoms with van der Waals surface area (Å²) in [6.07, 6.45) is 10.3. The van der Waals surface area contributed by atoms with Crippen molar-refractivity contribution in [2.45, 2.75) is 135 Å². The molecule has 118 heavy (non-hydrogen) atoms. The van der Waals surface area contributed by atoms with Crippen molar-refractivity contribution >= 4 is 112 Å². The minimum atomic E-state index is -1.43. The number of Topliss-reactive ketones (excluding diaryl/α,β-unsaturated/α-hetero) is 1. The lowest BCUT2D eigenvalue weighted by atomic mass is 9.46. The molecule has 38 heteroatoms. The number of fused-ring (bicyclic) bond motifs is 7. The van der Waals surface area contributed by atoms with Crippen LogP contribution >= 0.6 is 0 Å². The molecule has 2 heterocycles. The van der Waals surface area contributed by atoms with Crippen LogP contribution in [0.25, 0.3) is 0 Å². The number of aliphatic hydroxyl groups is 1. The first-order valence-corrected chi connectivity index (χ1v) is 39.3. The molecule has 646 valence electrons. The van der Waals surface area contributed by atoms with Crippen LogP contribution in [0.3, 0.4) is 0 Å². The Kier molecular flexibility index (Phi) is 31.1. The number of carbonyl (C=O) groups is 18. The lowest BCUT2D eigenvalue weighted by Crippen LogP contribution is -2.64. The van der Waals surface area contributed by atoms with Gasteiger partial charge in [0, 0.05) is 124 Å². The van der Waals surface area contributed by atoms with E-state index in [1.54, 1.807) is 18.2 Å². The average molecular weight is 1650 g/mol. The first kappa shape index (κ1) is 92.6. The number of hydrogen-bond donors (Lipinski definition) is 5. The van der Waals surface area contributed by atoms with Gasteiger partial charge in [0.2, 0.25) is 76.8 Å². The summed E-state index contributed by atoms with van der Waals surface area (Å²) in [6.45, 7) is 1.04. The lowest BCUT2D eigenvalue weighted by Gasteiger charge is -2.59. The topological polar surface area (TPSA) is 456 Å². The molecule has 1 aromatic rings. The van der Waals surface area contributed by atoms with Crippen molar-refractivity contribution in [3.8, 4) is 5.75 Å². The van der Waals surface area contributed by atoms with Crippen LogP contribution < -0.4 is 25.6 Å². The van der Waals surface area contributed by atoms with Crippen LogP contribution in [-0.4, -0.2) is 357 Å². The van der Waals surface area contributed by atoms with Crippen LogP contribution in [0.4, 0.5) is 5.69 Å². The Hall–Kier alpha value is -10.9. The summed E-state index contributed by atoms with van der Waals surface area (Å²) in [5.74, 6) is -11.1. The fraction of sp³-hybridized carbons (Fsp3) is 0.625. The van der Waals surface area contributed by atoms with E-state index in [9.17, 15) is 91.4 Å². The number of ketones is 2. The number of allylic oxidation sites excluding steroid dienone is 4. The Morgan fingerprint density at radius 1 is 0.593 bits per heavy atom. The maximum atomic E-state index is 14.8. The third-order valence-electron chi connectivity index (χ3n) is 23.8. The van der Waals surface area contributed by atoms with Gasteiger partial charge in [-0.3, -0.25) is 86.3 Å². The van der Waals surface area contributed by atoms with Gasteiger partial charge in [0.25, 0.3) is 11.8 Å². The van der Waals surface area contributed by atoms with Crippen LogP contribution in [0.5, 0.6) is 5.75 Å². The van der Waals surface area contributed by atoms with Gasteiger partial charge < -0.3 is 94.1 Å². The van der Waals surface area contributed by atoms with Gasteiger partial charge in [-0.15, -0.1) is 0 Å². The second-order valence-electron chi connectivity index (χ2n) is 32.4. The summed E-state index contributed by atoms with van der Waals surface area (Å²) in [6, 6.07) is 2.23. The number of aliphatic hydroxyl groups excluding tert-OH is 1. The van der Waals surface area contributed by atoms with Gasteiger partial charge in [-0.1, -0.05) is 38.0 Å². The van der Waals surface area contributed by atoms with E-state index in [4.69, 9.17) is 24.1 Å². The Labute approximate surface area is 684 Å². The highest BCUT2D eigenvalue weighted by atomic mass is 16.7. The summed E-state index contributed by atoms with van der Waals surface area (Å²) in [5.41, 5.74) is -1.14. The molecule has 0 spiro atoms. The minimum absolute atomic E-state index is 0.0161. The largest absolute Gasteiger partial charge is 0.493 e. The molecule has 1 aromatic carbocycles. The number of nitrogens with one attached hydrogen (secondary N) is 3. The second kappa shape index (κ2) is 39.6. The number of rotatable bonds is 39. The van der Waals surface area contributed by atoms with Crippen LogP contribution in [-0.2, 0) is 107 Å². The number of carboxylic acids is 1. The zero-order valence-corrected chi connectivity index (χ0v) is 69.6. The van der Waals surface area contributed by atoms with Crippen molar-refractivity contribution in [1.82, 2.24) is 64.9 Å². The van der Waals surface area contributed by atoms with Crippen molar-refractivity contribution < 1.29 is 115 Å². The zero-order chi connectivity index (χ0) is 87.3. The summed E-state index contributed by atoms with van der Waals surface area (Å²) >= 11 is 0. The van der Waals surface area contributed by atoms with E-state index >= 15 is 0 Å². The molecule has 0 aromatic heterocycles.